The number of hydrogen-bond donors (Lipinski definition) is 1. The Kier molecular flexibility index (Phi) is 7.90. The molecule has 0 unspecified atom stereocenters. The van der Waals surface area contributed by atoms with Gasteiger partial charge in [-0.2, -0.15) is 9.38 Å². The van der Waals surface area contributed by atoms with E-state index in [4.69, 9.17) is 23.2 Å². The Morgan fingerprint density at radius 2 is 1.81 bits per heavy atom. The smallest absolute Gasteiger partial charge is 0.251 e. The summed E-state index contributed by atoms with van der Waals surface area (Å²) in [5, 5.41) is 3.75. The molecule has 0 aliphatic heterocycles. The molecule has 0 bridgehead atoms. The Labute approximate surface area is 223 Å². The fourth-order valence-electron chi connectivity index (χ4n) is 3.96. The highest BCUT2D eigenvalue weighted by Gasteiger charge is 2.14. The number of pyridine rings is 1. The molecule has 0 saturated carbocycles. The topological polar surface area (TPSA) is 81.3 Å². The van der Waals surface area contributed by atoms with E-state index in [0.29, 0.717) is 44.6 Å². The summed E-state index contributed by atoms with van der Waals surface area (Å²) in [6.07, 6.45) is 3.60. The van der Waals surface area contributed by atoms with Gasteiger partial charge in [0, 0.05) is 49.7 Å². The van der Waals surface area contributed by atoms with Crippen LogP contribution in [-0.4, -0.2) is 25.9 Å². The van der Waals surface area contributed by atoms with Gasteiger partial charge in [-0.15, -0.1) is 0 Å². The molecular formula is C27H24Cl2FN5O2. The minimum absolute atomic E-state index is 0.251. The van der Waals surface area contributed by atoms with Gasteiger partial charge in [-0.1, -0.05) is 29.3 Å². The Morgan fingerprint density at radius 1 is 1.03 bits per heavy atom. The zero-order valence-electron chi connectivity index (χ0n) is 20.4. The summed E-state index contributed by atoms with van der Waals surface area (Å²) in [7, 11) is 1.80. The van der Waals surface area contributed by atoms with Crippen molar-refractivity contribution in [1.82, 2.24) is 19.4 Å². The number of nitrogens with zero attached hydrogens (tertiary/aromatic N) is 4. The number of benzene rings is 2. The molecule has 0 spiro atoms. The third-order valence-corrected chi connectivity index (χ3v) is 6.45. The van der Waals surface area contributed by atoms with Gasteiger partial charge >= 0.3 is 0 Å². The molecule has 0 atom stereocenters. The van der Waals surface area contributed by atoms with Crippen molar-refractivity contribution in [3.63, 3.8) is 0 Å². The number of carbonyl (C=O) groups is 2. The molecule has 0 fully saturated rings. The van der Waals surface area contributed by atoms with Gasteiger partial charge in [0.05, 0.1) is 16.6 Å². The maximum Gasteiger partial charge on any atom is 0.251 e. The average molecular weight is 540 g/mol. The highest BCUT2D eigenvalue weighted by molar-refractivity contribution is 6.42. The summed E-state index contributed by atoms with van der Waals surface area (Å²) in [6, 6.07) is 13.5. The van der Waals surface area contributed by atoms with Crippen LogP contribution in [0.5, 0.6) is 0 Å². The maximum absolute atomic E-state index is 13.7. The lowest BCUT2D eigenvalue weighted by Gasteiger charge is -2.13. The van der Waals surface area contributed by atoms with E-state index in [1.807, 2.05) is 16.8 Å². The third kappa shape index (κ3) is 6.34. The number of halogens is 3. The minimum Gasteiger partial charge on any atom is -0.348 e. The molecule has 7 nitrogen and oxygen atoms in total. The number of aryl methyl sites for hydroxylation is 2. The second kappa shape index (κ2) is 11.1. The van der Waals surface area contributed by atoms with E-state index in [0.717, 1.165) is 11.1 Å². The van der Waals surface area contributed by atoms with Crippen LogP contribution in [0, 0.1) is 12.9 Å². The normalized spacial score (nSPS) is 11.6. The largest absolute Gasteiger partial charge is 0.348 e. The van der Waals surface area contributed by atoms with Crippen molar-refractivity contribution >= 4 is 35.0 Å². The zero-order valence-corrected chi connectivity index (χ0v) is 21.9. The Balaban J connectivity index is 1.71. The predicted molar refractivity (Wildman–Crippen MR) is 141 cm³/mol. The molecule has 37 heavy (non-hydrogen) atoms. The molecule has 10 heteroatoms. The van der Waals surface area contributed by atoms with Crippen LogP contribution in [-0.2, 0) is 24.9 Å². The third-order valence-electron chi connectivity index (χ3n) is 5.71. The first kappa shape index (κ1) is 26.3. The molecular weight excluding hydrogens is 516 g/mol. The van der Waals surface area contributed by atoms with E-state index < -0.39 is 5.95 Å². The van der Waals surface area contributed by atoms with Crippen molar-refractivity contribution in [2.75, 3.05) is 0 Å². The van der Waals surface area contributed by atoms with Crippen molar-refractivity contribution < 1.29 is 14.0 Å². The van der Waals surface area contributed by atoms with Gasteiger partial charge < -0.3 is 14.5 Å². The number of rotatable bonds is 6. The minimum atomic E-state index is -0.577. The molecule has 190 valence electrons. The van der Waals surface area contributed by atoms with E-state index in [1.54, 1.807) is 61.1 Å². The van der Waals surface area contributed by atoms with Gasteiger partial charge in [0.25, 0.3) is 5.91 Å². The van der Waals surface area contributed by atoms with Gasteiger partial charge in [-0.25, -0.2) is 4.98 Å². The van der Waals surface area contributed by atoms with Gasteiger partial charge in [0.15, 0.2) is 0 Å². The molecule has 0 aliphatic carbocycles. The lowest BCUT2D eigenvalue weighted by molar-refractivity contribution is -0.116. The first-order valence-corrected chi connectivity index (χ1v) is 12.1. The number of carbonyl (C=O) groups excluding carboxylic acids is 2. The molecule has 2 amide bonds. The van der Waals surface area contributed by atoms with Crippen LogP contribution < -0.4 is 10.9 Å². The van der Waals surface area contributed by atoms with Crippen LogP contribution in [0.15, 0.2) is 65.9 Å². The van der Waals surface area contributed by atoms with E-state index in [1.165, 1.54) is 13.0 Å². The van der Waals surface area contributed by atoms with Gasteiger partial charge in [0.2, 0.25) is 17.5 Å². The van der Waals surface area contributed by atoms with Crippen molar-refractivity contribution in [3.05, 3.63) is 105 Å². The first-order valence-electron chi connectivity index (χ1n) is 11.4. The molecule has 1 N–H and O–H groups in total. The lowest BCUT2D eigenvalue weighted by Crippen LogP contribution is -2.26. The summed E-state index contributed by atoms with van der Waals surface area (Å²) in [4.78, 5) is 32.9. The summed E-state index contributed by atoms with van der Waals surface area (Å²) in [5.41, 5.74) is 4.39. The standard InChI is InChI=1S/C27H24Cl2FN5O2/c1-16-22(5-7-25(30)32-16)20-10-19(15-35-9-8-34(3)27(35)33-17(2)36)11-21(13-20)26(37)31-14-18-4-6-23(28)24(29)12-18/h4-13H,14-15H2,1-3H3,(H,31,37)/b33-27+. The van der Waals surface area contributed by atoms with E-state index >= 15 is 0 Å². The maximum atomic E-state index is 13.7. The predicted octanol–water partition coefficient (Wildman–Crippen LogP) is 5.07. The summed E-state index contributed by atoms with van der Waals surface area (Å²) in [6.45, 7) is 3.70. The van der Waals surface area contributed by atoms with Gasteiger partial charge in [-0.05, 0) is 66.1 Å². The summed E-state index contributed by atoms with van der Waals surface area (Å²) in [5.74, 6) is -1.19. The molecule has 0 saturated heterocycles. The number of hydrogen-bond acceptors (Lipinski definition) is 3. The molecule has 0 radical (unpaired) electrons. The number of nitrogens with one attached hydrogen (secondary N) is 1. The van der Waals surface area contributed by atoms with E-state index in [-0.39, 0.29) is 18.4 Å². The Morgan fingerprint density at radius 3 is 2.51 bits per heavy atom. The average Bonchev–Trinajstić information content (AvgIpc) is 3.17. The zero-order chi connectivity index (χ0) is 26.7. The van der Waals surface area contributed by atoms with Crippen molar-refractivity contribution in [1.29, 1.82) is 0 Å². The van der Waals surface area contributed by atoms with Crippen molar-refractivity contribution in [3.8, 4) is 11.1 Å². The van der Waals surface area contributed by atoms with E-state index in [2.05, 4.69) is 15.3 Å². The molecule has 2 aromatic carbocycles. The van der Waals surface area contributed by atoms with Gasteiger partial charge in [-0.3, -0.25) is 9.59 Å². The summed E-state index contributed by atoms with van der Waals surface area (Å²) < 4.78 is 17.2. The molecule has 2 heterocycles. The molecule has 4 rings (SSSR count). The van der Waals surface area contributed by atoms with E-state index in [9.17, 15) is 14.0 Å². The highest BCUT2D eigenvalue weighted by atomic mass is 35.5. The van der Waals surface area contributed by atoms with Crippen molar-refractivity contribution in [2.24, 2.45) is 12.0 Å². The fraction of sp³-hybridized carbons (Fsp3) is 0.185. The lowest BCUT2D eigenvalue weighted by atomic mass is 9.98. The molecule has 4 aromatic rings. The van der Waals surface area contributed by atoms with Crippen LogP contribution in [0.2, 0.25) is 10.0 Å². The second-order valence-electron chi connectivity index (χ2n) is 8.58. The molecule has 2 aromatic heterocycles. The van der Waals surface area contributed by atoms with Gasteiger partial charge in [0.1, 0.15) is 0 Å². The first-order chi connectivity index (χ1) is 17.6. The monoisotopic (exact) mass is 539 g/mol. The fourth-order valence-corrected chi connectivity index (χ4v) is 4.28. The Hall–Kier alpha value is -3.75. The van der Waals surface area contributed by atoms with Crippen LogP contribution in [0.3, 0.4) is 0 Å². The quantitative estimate of drug-likeness (QED) is 0.347. The van der Waals surface area contributed by atoms with Crippen molar-refractivity contribution in [2.45, 2.75) is 26.9 Å². The molecule has 0 aliphatic rings. The van der Waals surface area contributed by atoms with Crippen LogP contribution in [0.1, 0.15) is 34.1 Å². The number of amides is 2. The number of aromatic nitrogens is 3. The summed E-state index contributed by atoms with van der Waals surface area (Å²) >= 11 is 12.1. The number of imidazole rings is 1. The Bertz CT molecular complexity index is 1580. The SMILES string of the molecule is CC(=O)/N=c1\n(C)ccn1Cc1cc(C(=O)NCc2ccc(Cl)c(Cl)c2)cc(-c2ccc(F)nc2C)c1. The highest BCUT2D eigenvalue weighted by Crippen LogP contribution is 2.26. The van der Waals surface area contributed by atoms with Crippen LogP contribution in [0.4, 0.5) is 4.39 Å². The second-order valence-corrected chi connectivity index (χ2v) is 9.40. The van der Waals surface area contributed by atoms with Crippen LogP contribution >= 0.6 is 23.2 Å². The van der Waals surface area contributed by atoms with Crippen LogP contribution in [0.25, 0.3) is 11.1 Å².